The fraction of sp³-hybridized carbons (Fsp3) is 0.562. The maximum Gasteiger partial charge on any atom is 0.226 e. The molecule has 4 nitrogen and oxygen atoms in total. The van der Waals surface area contributed by atoms with Crippen molar-refractivity contribution in [2.45, 2.75) is 46.1 Å². The van der Waals surface area contributed by atoms with E-state index in [9.17, 15) is 4.79 Å². The third-order valence-corrected chi connectivity index (χ3v) is 3.93. The molecule has 1 aliphatic rings. The zero-order valence-electron chi connectivity index (χ0n) is 12.6. The minimum Gasteiger partial charge on any atom is -0.397 e. The number of rotatable bonds is 3. The van der Waals surface area contributed by atoms with E-state index in [-0.39, 0.29) is 11.8 Å². The Kier molecular flexibility index (Phi) is 4.53. The lowest BCUT2D eigenvalue weighted by Gasteiger charge is -2.36. The van der Waals surface area contributed by atoms with Gasteiger partial charge in [-0.1, -0.05) is 13.8 Å². The number of hydrogen-bond donors (Lipinski definition) is 2. The van der Waals surface area contributed by atoms with Gasteiger partial charge in [0.25, 0.3) is 0 Å². The van der Waals surface area contributed by atoms with E-state index in [2.05, 4.69) is 17.1 Å². The number of piperidine rings is 1. The van der Waals surface area contributed by atoms with E-state index < -0.39 is 0 Å². The van der Waals surface area contributed by atoms with Gasteiger partial charge in [0.15, 0.2) is 0 Å². The number of nitrogens with one attached hydrogen (secondary N) is 1. The third-order valence-electron chi connectivity index (χ3n) is 3.93. The van der Waals surface area contributed by atoms with E-state index in [1.165, 1.54) is 19.3 Å². The fourth-order valence-corrected chi connectivity index (χ4v) is 2.64. The largest absolute Gasteiger partial charge is 0.397 e. The summed E-state index contributed by atoms with van der Waals surface area (Å²) >= 11 is 0. The molecule has 110 valence electrons. The van der Waals surface area contributed by atoms with Crippen LogP contribution >= 0.6 is 0 Å². The molecule has 2 rings (SSSR count). The average Bonchev–Trinajstić information content (AvgIpc) is 2.40. The first-order valence-corrected chi connectivity index (χ1v) is 7.46. The molecule has 1 aromatic carbocycles. The fourth-order valence-electron chi connectivity index (χ4n) is 2.64. The molecule has 0 saturated carbocycles. The van der Waals surface area contributed by atoms with Crippen molar-refractivity contribution in [2.75, 3.05) is 22.5 Å². The number of carbonyl (C=O) groups is 1. The van der Waals surface area contributed by atoms with Crippen molar-refractivity contribution in [3.05, 3.63) is 18.2 Å². The van der Waals surface area contributed by atoms with Gasteiger partial charge < -0.3 is 16.0 Å². The van der Waals surface area contributed by atoms with E-state index in [4.69, 9.17) is 5.73 Å². The van der Waals surface area contributed by atoms with Gasteiger partial charge in [0.05, 0.1) is 11.4 Å². The van der Waals surface area contributed by atoms with E-state index in [1.54, 1.807) is 0 Å². The van der Waals surface area contributed by atoms with Crippen LogP contribution in [-0.2, 0) is 4.79 Å². The standard InChI is InChI=1S/C16H25N3O/c1-11(2)16(20)18-13-7-8-15(14(17)10-13)19-9-5-4-6-12(19)3/h7-8,10-12H,4-6,9,17H2,1-3H3,(H,18,20)/t12-/m0/s1. The summed E-state index contributed by atoms with van der Waals surface area (Å²) in [5.74, 6) is -0.0125. The normalized spacial score (nSPS) is 19.2. The Morgan fingerprint density at radius 1 is 1.40 bits per heavy atom. The van der Waals surface area contributed by atoms with Gasteiger partial charge in [-0.15, -0.1) is 0 Å². The summed E-state index contributed by atoms with van der Waals surface area (Å²) in [5.41, 5.74) is 8.77. The summed E-state index contributed by atoms with van der Waals surface area (Å²) in [4.78, 5) is 14.1. The summed E-state index contributed by atoms with van der Waals surface area (Å²) in [6.45, 7) is 7.06. The predicted molar refractivity (Wildman–Crippen MR) is 85.0 cm³/mol. The second-order valence-corrected chi connectivity index (χ2v) is 5.96. The van der Waals surface area contributed by atoms with Crippen molar-refractivity contribution < 1.29 is 4.79 Å². The Bertz CT molecular complexity index is 485. The zero-order valence-corrected chi connectivity index (χ0v) is 12.6. The van der Waals surface area contributed by atoms with Crippen LogP contribution in [0.1, 0.15) is 40.0 Å². The molecular formula is C16H25N3O. The number of nitrogen functional groups attached to an aromatic ring is 1. The monoisotopic (exact) mass is 275 g/mol. The molecule has 0 bridgehead atoms. The molecule has 1 aliphatic heterocycles. The van der Waals surface area contributed by atoms with Crippen molar-refractivity contribution in [3.63, 3.8) is 0 Å². The second-order valence-electron chi connectivity index (χ2n) is 5.96. The molecule has 1 amide bonds. The quantitative estimate of drug-likeness (QED) is 0.833. The van der Waals surface area contributed by atoms with Crippen LogP contribution in [0.15, 0.2) is 18.2 Å². The molecule has 20 heavy (non-hydrogen) atoms. The van der Waals surface area contributed by atoms with Crippen LogP contribution in [-0.4, -0.2) is 18.5 Å². The van der Waals surface area contributed by atoms with Crippen LogP contribution in [0.25, 0.3) is 0 Å². The lowest BCUT2D eigenvalue weighted by atomic mass is 10.0. The first-order chi connectivity index (χ1) is 9.49. The van der Waals surface area contributed by atoms with Crippen molar-refractivity contribution in [2.24, 2.45) is 5.92 Å². The third kappa shape index (κ3) is 3.24. The van der Waals surface area contributed by atoms with Crippen LogP contribution < -0.4 is 16.0 Å². The van der Waals surface area contributed by atoms with Gasteiger partial charge in [-0.05, 0) is 44.4 Å². The SMILES string of the molecule is CC(C)C(=O)Nc1ccc(N2CCCC[C@@H]2C)c(N)c1. The van der Waals surface area contributed by atoms with Gasteiger partial charge in [0.2, 0.25) is 5.91 Å². The molecule has 3 N–H and O–H groups in total. The molecule has 1 atom stereocenters. The number of benzene rings is 1. The summed E-state index contributed by atoms with van der Waals surface area (Å²) in [5, 5.41) is 2.89. The average molecular weight is 275 g/mol. The Hall–Kier alpha value is -1.71. The second kappa shape index (κ2) is 6.16. The van der Waals surface area contributed by atoms with Crippen molar-refractivity contribution >= 4 is 23.0 Å². The molecule has 1 heterocycles. The van der Waals surface area contributed by atoms with E-state index >= 15 is 0 Å². The van der Waals surface area contributed by atoms with Crippen LogP contribution in [0, 0.1) is 5.92 Å². The predicted octanol–water partition coefficient (Wildman–Crippen LogP) is 3.24. The lowest BCUT2D eigenvalue weighted by molar-refractivity contribution is -0.118. The molecule has 0 unspecified atom stereocenters. The van der Waals surface area contributed by atoms with Crippen molar-refractivity contribution in [1.82, 2.24) is 0 Å². The highest BCUT2D eigenvalue weighted by Gasteiger charge is 2.20. The minimum atomic E-state index is -0.0296. The van der Waals surface area contributed by atoms with Gasteiger partial charge in [0, 0.05) is 24.2 Å². The highest BCUT2D eigenvalue weighted by atomic mass is 16.1. The first-order valence-electron chi connectivity index (χ1n) is 7.46. The lowest BCUT2D eigenvalue weighted by Crippen LogP contribution is -2.37. The Morgan fingerprint density at radius 2 is 2.15 bits per heavy atom. The zero-order chi connectivity index (χ0) is 14.7. The topological polar surface area (TPSA) is 58.4 Å². The summed E-state index contributed by atoms with van der Waals surface area (Å²) in [7, 11) is 0. The maximum atomic E-state index is 11.7. The van der Waals surface area contributed by atoms with E-state index in [1.807, 2.05) is 32.0 Å². The summed E-state index contributed by atoms with van der Waals surface area (Å²) in [6.07, 6.45) is 3.72. The molecular weight excluding hydrogens is 250 g/mol. The number of amides is 1. The molecule has 0 aliphatic carbocycles. The van der Waals surface area contributed by atoms with Crippen molar-refractivity contribution in [3.8, 4) is 0 Å². The first kappa shape index (κ1) is 14.7. The summed E-state index contributed by atoms with van der Waals surface area (Å²) in [6, 6.07) is 6.35. The van der Waals surface area contributed by atoms with Crippen LogP contribution in [0.2, 0.25) is 0 Å². The van der Waals surface area contributed by atoms with E-state index in [0.717, 1.165) is 23.6 Å². The summed E-state index contributed by atoms with van der Waals surface area (Å²) < 4.78 is 0. The minimum absolute atomic E-state index is 0.0171. The molecule has 0 radical (unpaired) electrons. The van der Waals surface area contributed by atoms with Gasteiger partial charge >= 0.3 is 0 Å². The molecule has 4 heteroatoms. The molecule has 1 fully saturated rings. The van der Waals surface area contributed by atoms with Gasteiger partial charge in [0.1, 0.15) is 0 Å². The number of hydrogen-bond acceptors (Lipinski definition) is 3. The molecule has 0 spiro atoms. The van der Waals surface area contributed by atoms with Crippen LogP contribution in [0.5, 0.6) is 0 Å². The highest BCUT2D eigenvalue weighted by Crippen LogP contribution is 2.31. The molecule has 1 aromatic rings. The van der Waals surface area contributed by atoms with Gasteiger partial charge in [-0.2, -0.15) is 0 Å². The Morgan fingerprint density at radius 3 is 2.75 bits per heavy atom. The van der Waals surface area contributed by atoms with Gasteiger partial charge in [-0.25, -0.2) is 0 Å². The Labute approximate surface area is 121 Å². The van der Waals surface area contributed by atoms with Crippen LogP contribution in [0.3, 0.4) is 0 Å². The Balaban J connectivity index is 2.15. The number of nitrogens with two attached hydrogens (primary N) is 1. The number of carbonyl (C=O) groups excluding carboxylic acids is 1. The molecule has 0 aromatic heterocycles. The number of anilines is 3. The van der Waals surface area contributed by atoms with Crippen LogP contribution in [0.4, 0.5) is 17.1 Å². The van der Waals surface area contributed by atoms with E-state index in [0.29, 0.717) is 6.04 Å². The highest BCUT2D eigenvalue weighted by molar-refractivity contribution is 5.93. The maximum absolute atomic E-state index is 11.7. The number of nitrogens with zero attached hydrogens (tertiary/aromatic N) is 1. The molecule has 1 saturated heterocycles. The van der Waals surface area contributed by atoms with Crippen molar-refractivity contribution in [1.29, 1.82) is 0 Å². The smallest absolute Gasteiger partial charge is 0.226 e. The van der Waals surface area contributed by atoms with Gasteiger partial charge in [-0.3, -0.25) is 4.79 Å².